The largest absolute Gasteiger partial charge is 0.415 e. The zero-order chi connectivity index (χ0) is 72.9. The summed E-state index contributed by atoms with van der Waals surface area (Å²) in [7, 11) is 0. The van der Waals surface area contributed by atoms with E-state index in [1.54, 1.807) is 150 Å². The maximum Gasteiger partial charge on any atom is 0.415 e. The Bertz CT molecular complexity index is 4210. The van der Waals surface area contributed by atoms with Crippen molar-refractivity contribution in [2.75, 3.05) is 0 Å². The van der Waals surface area contributed by atoms with Crippen molar-refractivity contribution in [1.82, 2.24) is 0 Å². The maximum absolute atomic E-state index is 17.0. The van der Waals surface area contributed by atoms with Crippen LogP contribution in [0.25, 0.3) is 33.4 Å². The van der Waals surface area contributed by atoms with Gasteiger partial charge in [0.2, 0.25) is 6.71 Å². The second-order valence-corrected chi connectivity index (χ2v) is 26.6. The van der Waals surface area contributed by atoms with Crippen molar-refractivity contribution in [2.45, 2.75) is 132 Å². The van der Waals surface area contributed by atoms with Gasteiger partial charge in [-0.25, -0.2) is 0 Å². The predicted octanol–water partition coefficient (Wildman–Crippen LogP) is 23.4. The molecule has 0 unspecified atom stereocenters. The summed E-state index contributed by atoms with van der Waals surface area (Å²) in [5.74, 6) is -3.46. The average Bonchev–Trinajstić information content (AvgIpc) is 0.707. The Labute approximate surface area is 562 Å². The molecule has 10 aromatic rings. The van der Waals surface area contributed by atoms with E-state index >= 15 is 79.0 Å². The number of hydrogen-bond donors (Lipinski definition) is 0. The zero-order valence-electron chi connectivity index (χ0n) is 55.6. The summed E-state index contributed by atoms with van der Waals surface area (Å²) in [6, 6.07) is 31.4. The molecular weight excluding hydrogens is 1310 g/mol. The van der Waals surface area contributed by atoms with Crippen LogP contribution in [0.3, 0.4) is 0 Å². The Hall–Kier alpha value is -9.00. The van der Waals surface area contributed by atoms with Crippen molar-refractivity contribution >= 4 is 23.1 Å². The Kier molecular flexibility index (Phi) is 19.3. The topological polar surface area (TPSA) is 0 Å². The van der Waals surface area contributed by atoms with E-state index in [9.17, 15) is 0 Å². The number of alkyl halides is 18. The second kappa shape index (κ2) is 26.3. The molecule has 0 N–H and O–H groups in total. The van der Waals surface area contributed by atoms with Crippen LogP contribution in [0.5, 0.6) is 0 Å². The molecule has 0 nitrogen and oxygen atoms in total. The minimum absolute atomic E-state index is 0.0103. The smallest absolute Gasteiger partial charge is 0.166 e. The van der Waals surface area contributed by atoms with Crippen LogP contribution >= 0.6 is 0 Å². The molecule has 0 aliphatic carbocycles. The van der Waals surface area contributed by atoms with Crippen molar-refractivity contribution in [3.8, 4) is 33.4 Å². The molecule has 0 bridgehead atoms. The average molecular weight is 1380 g/mol. The fourth-order valence-electron chi connectivity index (χ4n) is 14.5. The Morgan fingerprint density at radius 1 is 0.182 bits per heavy atom. The predicted molar refractivity (Wildman–Crippen MR) is 355 cm³/mol. The molecule has 0 spiro atoms. The van der Waals surface area contributed by atoms with Gasteiger partial charge < -0.3 is 0 Å². The molecule has 514 valence electrons. The van der Waals surface area contributed by atoms with Crippen molar-refractivity contribution in [3.05, 3.63) is 297 Å². The van der Waals surface area contributed by atoms with Gasteiger partial charge in [-0.15, -0.1) is 0 Å². The van der Waals surface area contributed by atoms with Crippen LogP contribution in [0.1, 0.15) is 145 Å². The van der Waals surface area contributed by atoms with E-state index in [0.717, 1.165) is 0 Å². The Morgan fingerprint density at radius 2 is 0.323 bits per heavy atom. The van der Waals surface area contributed by atoms with Crippen LogP contribution in [0, 0.1) is 83.1 Å². The molecule has 0 fully saturated rings. The Balaban J connectivity index is 1.46. The van der Waals surface area contributed by atoms with Crippen molar-refractivity contribution < 1.29 is 79.0 Å². The van der Waals surface area contributed by atoms with Gasteiger partial charge in [0.25, 0.3) is 0 Å². The highest BCUT2D eigenvalue weighted by molar-refractivity contribution is 6.97. The third-order valence-corrected chi connectivity index (χ3v) is 17.6. The lowest BCUT2D eigenvalue weighted by molar-refractivity contribution is -0.142. The number of benzene rings is 10. The first kappa shape index (κ1) is 72.7. The highest BCUT2D eigenvalue weighted by Crippen LogP contribution is 2.48. The van der Waals surface area contributed by atoms with Crippen LogP contribution < -0.4 is 16.4 Å². The lowest BCUT2D eigenvalue weighted by Gasteiger charge is -2.34. The molecule has 10 rings (SSSR count). The molecule has 0 atom stereocenters. The van der Waals surface area contributed by atoms with Gasteiger partial charge >= 0.3 is 37.1 Å². The standard InChI is InChI=1S/C80H65BF18/c1-40-13-41(2)20-52(19-40)54-31-55(53-21-42(3)14-43(4)22-53)33-56(32-54)57-34-64(75(82,83)84)72(65(35-57)76(85,86)87)81(73-66(77(88,89)90)36-62(37-67(73)78(91,92)93)70(58-23-44(5)15-45(6)24-58)59-25-46(7)16-47(8)26-59)74-68(79(94,95)96)38-63(39-69(74)80(97,98)99)71(60-27-48(9)17-49(10)28-60)61-29-50(11)18-51(12)30-61/h13-39,70-71H,1-12H3. The van der Waals surface area contributed by atoms with Gasteiger partial charge in [-0.3, -0.25) is 0 Å². The van der Waals surface area contributed by atoms with Gasteiger partial charge in [-0.2, -0.15) is 79.0 Å². The van der Waals surface area contributed by atoms with Gasteiger partial charge in [0.1, 0.15) is 0 Å². The normalized spacial score (nSPS) is 12.7. The van der Waals surface area contributed by atoms with Crippen LogP contribution in [-0.2, 0) is 37.1 Å². The Morgan fingerprint density at radius 3 is 0.505 bits per heavy atom. The highest BCUT2D eigenvalue weighted by atomic mass is 19.4. The SMILES string of the molecule is Cc1cc(C)cc(-c2cc(-c3cc(C)cc(C)c3)cc(-c3cc(C(F)(F)F)c(B(c4c(C(F)(F)F)cc(C(c5cc(C)cc(C)c5)c5cc(C)cc(C)c5)cc4C(F)(F)F)c4c(C(F)(F)F)cc(C(c5cc(C)cc(C)c5)c5cc(C)cc(C)c5)cc4C(F)(F)F)c(C(F)(F)F)c3)c2)c1. The van der Waals surface area contributed by atoms with Crippen LogP contribution in [-0.4, -0.2) is 6.71 Å². The van der Waals surface area contributed by atoms with Gasteiger partial charge in [-0.05, 0) is 221 Å². The van der Waals surface area contributed by atoms with Crippen molar-refractivity contribution in [1.29, 1.82) is 0 Å². The summed E-state index contributed by atoms with van der Waals surface area (Å²) < 4.78 is 306. The van der Waals surface area contributed by atoms with Gasteiger partial charge in [0.15, 0.2) is 0 Å². The van der Waals surface area contributed by atoms with Gasteiger partial charge in [0.05, 0.1) is 33.4 Å². The summed E-state index contributed by atoms with van der Waals surface area (Å²) in [5.41, 5.74) is -21.5. The summed E-state index contributed by atoms with van der Waals surface area (Å²) >= 11 is 0. The molecule has 0 saturated carbocycles. The van der Waals surface area contributed by atoms with Crippen LogP contribution in [0.2, 0.25) is 0 Å². The highest BCUT2D eigenvalue weighted by Gasteiger charge is 2.55. The quantitative estimate of drug-likeness (QED) is 0.0650. The first-order valence-electron chi connectivity index (χ1n) is 31.3. The number of aryl methyl sites for hydroxylation is 12. The van der Waals surface area contributed by atoms with E-state index in [-0.39, 0.29) is 69.8 Å². The zero-order valence-corrected chi connectivity index (χ0v) is 55.6. The van der Waals surface area contributed by atoms with E-state index in [0.29, 0.717) is 77.9 Å². The summed E-state index contributed by atoms with van der Waals surface area (Å²) in [4.78, 5) is 0. The number of rotatable bonds is 12. The number of hydrogen-bond acceptors (Lipinski definition) is 0. The fourth-order valence-corrected chi connectivity index (χ4v) is 14.5. The molecule has 10 aromatic carbocycles. The van der Waals surface area contributed by atoms with E-state index in [2.05, 4.69) is 0 Å². The molecule has 0 heterocycles. The van der Waals surface area contributed by atoms with Crippen molar-refractivity contribution in [2.24, 2.45) is 0 Å². The fraction of sp³-hybridized carbons (Fsp3) is 0.250. The number of halogens is 18. The maximum atomic E-state index is 17.0. The van der Waals surface area contributed by atoms with E-state index < -0.39 is 128 Å². The third-order valence-electron chi connectivity index (χ3n) is 17.6. The lowest BCUT2D eigenvalue weighted by Crippen LogP contribution is -2.62. The van der Waals surface area contributed by atoms with Gasteiger partial charge in [0, 0.05) is 11.8 Å². The molecule has 0 radical (unpaired) electrons. The van der Waals surface area contributed by atoms with E-state index in [1.165, 1.54) is 60.7 Å². The molecule has 0 aliphatic rings. The molecule has 19 heteroatoms. The molecule has 0 aliphatic heterocycles. The molecule has 0 aromatic heterocycles. The first-order chi connectivity index (χ1) is 45.7. The first-order valence-corrected chi connectivity index (χ1v) is 31.3. The van der Waals surface area contributed by atoms with Crippen molar-refractivity contribution in [3.63, 3.8) is 0 Å². The third kappa shape index (κ3) is 15.7. The summed E-state index contributed by atoms with van der Waals surface area (Å²) in [5, 5.41) is 0. The summed E-state index contributed by atoms with van der Waals surface area (Å²) in [6.07, 6.45) is -38.7. The summed E-state index contributed by atoms with van der Waals surface area (Å²) in [6.45, 7) is 14.7. The molecular formula is C80H65BF18. The lowest BCUT2D eigenvalue weighted by atomic mass is 9.32. The van der Waals surface area contributed by atoms with Gasteiger partial charge in [-0.1, -0.05) is 176 Å². The molecule has 0 amide bonds. The van der Waals surface area contributed by atoms with E-state index in [4.69, 9.17) is 0 Å². The molecule has 99 heavy (non-hydrogen) atoms. The molecule has 0 saturated heterocycles. The van der Waals surface area contributed by atoms with Crippen LogP contribution in [0.15, 0.2) is 164 Å². The van der Waals surface area contributed by atoms with Crippen LogP contribution in [0.4, 0.5) is 79.0 Å². The minimum Gasteiger partial charge on any atom is -0.166 e. The second-order valence-electron chi connectivity index (χ2n) is 26.6. The monoisotopic (exact) mass is 1380 g/mol. The van der Waals surface area contributed by atoms with E-state index in [1.807, 2.05) is 0 Å². The minimum atomic E-state index is -6.45.